The zero-order valence-electron chi connectivity index (χ0n) is 10.1. The van der Waals surface area contributed by atoms with Gasteiger partial charge in [0.25, 0.3) is 0 Å². The minimum Gasteiger partial charge on any atom is -0.508 e. The van der Waals surface area contributed by atoms with E-state index in [1.54, 1.807) is 6.07 Å². The van der Waals surface area contributed by atoms with Crippen molar-refractivity contribution in [2.45, 2.75) is 45.2 Å². The van der Waals surface area contributed by atoms with Gasteiger partial charge in [0.15, 0.2) is 0 Å². The monoisotopic (exact) mass is 219 g/mol. The van der Waals surface area contributed by atoms with Crippen molar-refractivity contribution in [1.82, 2.24) is 5.32 Å². The minimum absolute atomic E-state index is 0.218. The van der Waals surface area contributed by atoms with Crippen LogP contribution in [0.4, 0.5) is 0 Å². The van der Waals surface area contributed by atoms with Crippen molar-refractivity contribution in [3.63, 3.8) is 0 Å². The molecule has 2 nitrogen and oxygen atoms in total. The standard InChI is InChI=1S/C14H21NO/c1-10(9-12-7-8-12)15-11(2)13-5-3-4-6-14(13)16/h3-6,10-12,15-16H,7-9H2,1-2H3. The Balaban J connectivity index is 1.91. The van der Waals surface area contributed by atoms with Gasteiger partial charge in [-0.1, -0.05) is 31.0 Å². The highest BCUT2D eigenvalue weighted by Gasteiger charge is 2.24. The summed E-state index contributed by atoms with van der Waals surface area (Å²) in [4.78, 5) is 0. The first-order valence-corrected chi connectivity index (χ1v) is 6.20. The quantitative estimate of drug-likeness (QED) is 0.797. The molecular weight excluding hydrogens is 198 g/mol. The number of aromatic hydroxyl groups is 1. The van der Waals surface area contributed by atoms with Crippen LogP contribution in [-0.4, -0.2) is 11.1 Å². The number of phenolic OH excluding ortho intramolecular Hbond substituents is 1. The Morgan fingerprint density at radius 2 is 2.00 bits per heavy atom. The predicted octanol–water partition coefficient (Wildman–Crippen LogP) is 3.23. The molecule has 1 aromatic carbocycles. The van der Waals surface area contributed by atoms with Gasteiger partial charge in [-0.05, 0) is 32.3 Å². The van der Waals surface area contributed by atoms with E-state index in [0.29, 0.717) is 11.8 Å². The number of nitrogens with one attached hydrogen (secondary N) is 1. The lowest BCUT2D eigenvalue weighted by atomic mass is 10.0. The second kappa shape index (κ2) is 4.88. The molecule has 0 spiro atoms. The first kappa shape index (κ1) is 11.5. The van der Waals surface area contributed by atoms with Crippen LogP contribution in [0, 0.1) is 5.92 Å². The highest BCUT2D eigenvalue weighted by Crippen LogP contribution is 2.34. The fraction of sp³-hybridized carbons (Fsp3) is 0.571. The largest absolute Gasteiger partial charge is 0.508 e. The van der Waals surface area contributed by atoms with Gasteiger partial charge in [0.1, 0.15) is 5.75 Å². The normalized spacial score (nSPS) is 19.4. The Bertz CT molecular complexity index is 346. The third-order valence-electron chi connectivity index (χ3n) is 3.32. The molecule has 2 rings (SSSR count). The van der Waals surface area contributed by atoms with Gasteiger partial charge in [-0.3, -0.25) is 0 Å². The van der Waals surface area contributed by atoms with Gasteiger partial charge in [0.05, 0.1) is 0 Å². The summed E-state index contributed by atoms with van der Waals surface area (Å²) >= 11 is 0. The molecule has 1 aliphatic rings. The zero-order valence-corrected chi connectivity index (χ0v) is 10.1. The van der Waals surface area contributed by atoms with E-state index in [4.69, 9.17) is 0 Å². The molecule has 0 aliphatic heterocycles. The summed E-state index contributed by atoms with van der Waals surface area (Å²) in [6, 6.07) is 8.31. The number of para-hydroxylation sites is 1. The topological polar surface area (TPSA) is 32.3 Å². The maximum absolute atomic E-state index is 9.75. The fourth-order valence-corrected chi connectivity index (χ4v) is 2.29. The van der Waals surface area contributed by atoms with Crippen molar-refractivity contribution in [2.75, 3.05) is 0 Å². The number of phenols is 1. The predicted molar refractivity (Wildman–Crippen MR) is 66.5 cm³/mol. The molecule has 0 aromatic heterocycles. The van der Waals surface area contributed by atoms with Gasteiger partial charge >= 0.3 is 0 Å². The summed E-state index contributed by atoms with van der Waals surface area (Å²) in [7, 11) is 0. The fourth-order valence-electron chi connectivity index (χ4n) is 2.29. The lowest BCUT2D eigenvalue weighted by Crippen LogP contribution is -2.29. The van der Waals surface area contributed by atoms with Crippen molar-refractivity contribution in [3.05, 3.63) is 29.8 Å². The summed E-state index contributed by atoms with van der Waals surface area (Å²) in [6.45, 7) is 4.34. The third-order valence-corrected chi connectivity index (χ3v) is 3.32. The summed E-state index contributed by atoms with van der Waals surface area (Å²) < 4.78 is 0. The Labute approximate surface area is 97.7 Å². The van der Waals surface area contributed by atoms with Crippen molar-refractivity contribution >= 4 is 0 Å². The van der Waals surface area contributed by atoms with E-state index in [1.807, 2.05) is 18.2 Å². The van der Waals surface area contributed by atoms with Gasteiger partial charge < -0.3 is 10.4 Å². The molecule has 1 aromatic rings. The van der Waals surface area contributed by atoms with Gasteiger partial charge in [0.2, 0.25) is 0 Å². The molecule has 88 valence electrons. The summed E-state index contributed by atoms with van der Waals surface area (Å²) in [6.07, 6.45) is 4.06. The highest BCUT2D eigenvalue weighted by atomic mass is 16.3. The van der Waals surface area contributed by atoms with E-state index in [9.17, 15) is 5.11 Å². The molecule has 1 aliphatic carbocycles. The van der Waals surface area contributed by atoms with Crippen LogP contribution >= 0.6 is 0 Å². The van der Waals surface area contributed by atoms with Crippen molar-refractivity contribution in [3.8, 4) is 5.75 Å². The maximum Gasteiger partial charge on any atom is 0.120 e. The van der Waals surface area contributed by atoms with Crippen molar-refractivity contribution in [1.29, 1.82) is 0 Å². The van der Waals surface area contributed by atoms with E-state index >= 15 is 0 Å². The molecule has 0 amide bonds. The third kappa shape index (κ3) is 2.99. The Morgan fingerprint density at radius 1 is 1.31 bits per heavy atom. The Kier molecular flexibility index (Phi) is 3.49. The van der Waals surface area contributed by atoms with Crippen LogP contribution in [0.3, 0.4) is 0 Å². The van der Waals surface area contributed by atoms with Crippen LogP contribution in [0.25, 0.3) is 0 Å². The second-order valence-electron chi connectivity index (χ2n) is 5.03. The Hall–Kier alpha value is -1.02. The van der Waals surface area contributed by atoms with Gasteiger partial charge in [-0.25, -0.2) is 0 Å². The van der Waals surface area contributed by atoms with Crippen molar-refractivity contribution < 1.29 is 5.11 Å². The number of hydrogen-bond donors (Lipinski definition) is 2. The molecule has 2 unspecified atom stereocenters. The number of hydrogen-bond acceptors (Lipinski definition) is 2. The molecule has 0 heterocycles. The molecule has 2 atom stereocenters. The average Bonchev–Trinajstić information content (AvgIpc) is 3.01. The van der Waals surface area contributed by atoms with Crippen molar-refractivity contribution in [2.24, 2.45) is 5.92 Å². The van der Waals surface area contributed by atoms with Crippen LogP contribution in [0.2, 0.25) is 0 Å². The summed E-state index contributed by atoms with van der Waals surface area (Å²) in [5.74, 6) is 1.33. The van der Waals surface area contributed by atoms with E-state index in [0.717, 1.165) is 11.5 Å². The molecule has 1 saturated carbocycles. The summed E-state index contributed by atoms with van der Waals surface area (Å²) in [5.41, 5.74) is 0.991. The van der Waals surface area contributed by atoms with E-state index in [1.165, 1.54) is 19.3 Å². The maximum atomic E-state index is 9.75. The van der Waals surface area contributed by atoms with Crippen LogP contribution in [0.5, 0.6) is 5.75 Å². The first-order chi connectivity index (χ1) is 7.66. The van der Waals surface area contributed by atoms with Gasteiger partial charge in [0, 0.05) is 17.6 Å². The number of benzene rings is 1. The molecule has 1 fully saturated rings. The van der Waals surface area contributed by atoms with E-state index < -0.39 is 0 Å². The van der Waals surface area contributed by atoms with Gasteiger partial charge in [-0.15, -0.1) is 0 Å². The highest BCUT2D eigenvalue weighted by molar-refractivity contribution is 5.34. The molecule has 2 heteroatoms. The lowest BCUT2D eigenvalue weighted by Gasteiger charge is -2.21. The lowest BCUT2D eigenvalue weighted by molar-refractivity contribution is 0.416. The molecule has 0 radical (unpaired) electrons. The number of rotatable bonds is 5. The van der Waals surface area contributed by atoms with E-state index in [2.05, 4.69) is 19.2 Å². The minimum atomic E-state index is 0.218. The van der Waals surface area contributed by atoms with Crippen LogP contribution in [-0.2, 0) is 0 Å². The molecule has 16 heavy (non-hydrogen) atoms. The van der Waals surface area contributed by atoms with Gasteiger partial charge in [-0.2, -0.15) is 0 Å². The molecular formula is C14H21NO. The van der Waals surface area contributed by atoms with Crippen LogP contribution < -0.4 is 5.32 Å². The Morgan fingerprint density at radius 3 is 2.62 bits per heavy atom. The van der Waals surface area contributed by atoms with Crippen LogP contribution in [0.1, 0.15) is 44.7 Å². The molecule has 0 saturated heterocycles. The van der Waals surface area contributed by atoms with Crippen LogP contribution in [0.15, 0.2) is 24.3 Å². The molecule has 2 N–H and O–H groups in total. The smallest absolute Gasteiger partial charge is 0.120 e. The average molecular weight is 219 g/mol. The molecule has 0 bridgehead atoms. The SMILES string of the molecule is CC(CC1CC1)NC(C)c1ccccc1O. The first-order valence-electron chi connectivity index (χ1n) is 6.20. The summed E-state index contributed by atoms with van der Waals surface area (Å²) in [5, 5.41) is 13.3. The van der Waals surface area contributed by atoms with E-state index in [-0.39, 0.29) is 6.04 Å². The zero-order chi connectivity index (χ0) is 11.5. The second-order valence-corrected chi connectivity index (χ2v) is 5.03.